The number of carbonyl (C=O) groups is 1. The molecule has 0 saturated heterocycles. The third-order valence-electron chi connectivity index (χ3n) is 2.82. The predicted molar refractivity (Wildman–Crippen MR) is 59.6 cm³/mol. The summed E-state index contributed by atoms with van der Waals surface area (Å²) >= 11 is 0. The van der Waals surface area contributed by atoms with Gasteiger partial charge in [-0.2, -0.15) is 0 Å². The molecule has 1 atom stereocenters. The number of fused-ring (bicyclic) bond motifs is 1. The number of rotatable bonds is 4. The lowest BCUT2D eigenvalue weighted by atomic mass is 10.1. The summed E-state index contributed by atoms with van der Waals surface area (Å²) in [6.45, 7) is 0.00806. The molecule has 0 radical (unpaired) electrons. The van der Waals surface area contributed by atoms with Crippen LogP contribution in [-0.4, -0.2) is 23.7 Å². The Labute approximate surface area is 94.0 Å². The molecule has 1 aromatic rings. The molecule has 0 amide bonds. The Morgan fingerprint density at radius 1 is 1.44 bits per heavy atom. The number of carboxylic acids is 1. The van der Waals surface area contributed by atoms with E-state index < -0.39 is 12.0 Å². The monoisotopic (exact) mass is 221 g/mol. The van der Waals surface area contributed by atoms with Crippen LogP contribution < -0.4 is 10.5 Å². The molecule has 0 aromatic heterocycles. The fraction of sp³-hybridized carbons (Fsp3) is 0.417. The summed E-state index contributed by atoms with van der Waals surface area (Å²) in [6.07, 6.45) is 3.40. The second kappa shape index (κ2) is 4.53. The first-order valence-electron chi connectivity index (χ1n) is 5.40. The Hall–Kier alpha value is -1.55. The Balaban J connectivity index is 1.98. The minimum Gasteiger partial charge on any atom is -0.491 e. The highest BCUT2D eigenvalue weighted by Gasteiger charge is 2.14. The standard InChI is InChI=1S/C12H15NO3/c13-11(12(14)15)7-16-10-5-4-8-2-1-3-9(8)6-10/h4-6,11H,1-3,7,13H2,(H,14,15). The number of benzene rings is 1. The lowest BCUT2D eigenvalue weighted by molar-refractivity contribution is -0.139. The van der Waals surface area contributed by atoms with Crippen molar-refractivity contribution in [3.63, 3.8) is 0 Å². The zero-order chi connectivity index (χ0) is 11.5. The van der Waals surface area contributed by atoms with Crippen LogP contribution in [0.2, 0.25) is 0 Å². The van der Waals surface area contributed by atoms with Gasteiger partial charge in [-0.05, 0) is 42.5 Å². The molecule has 1 unspecified atom stereocenters. The predicted octanol–water partition coefficient (Wildman–Crippen LogP) is 0.966. The molecule has 4 nitrogen and oxygen atoms in total. The topological polar surface area (TPSA) is 72.5 Å². The minimum absolute atomic E-state index is 0.00806. The van der Waals surface area contributed by atoms with Crippen molar-refractivity contribution >= 4 is 5.97 Å². The molecule has 0 fully saturated rings. The van der Waals surface area contributed by atoms with Gasteiger partial charge < -0.3 is 15.6 Å². The van der Waals surface area contributed by atoms with Gasteiger partial charge in [0.15, 0.2) is 0 Å². The van der Waals surface area contributed by atoms with Crippen LogP contribution in [0.25, 0.3) is 0 Å². The van der Waals surface area contributed by atoms with E-state index in [2.05, 4.69) is 0 Å². The quantitative estimate of drug-likeness (QED) is 0.794. The molecule has 0 bridgehead atoms. The van der Waals surface area contributed by atoms with Gasteiger partial charge in [-0.3, -0.25) is 4.79 Å². The molecule has 3 N–H and O–H groups in total. The first-order chi connectivity index (χ1) is 7.66. The van der Waals surface area contributed by atoms with E-state index >= 15 is 0 Å². The summed E-state index contributed by atoms with van der Waals surface area (Å²) in [7, 11) is 0. The number of ether oxygens (including phenoxy) is 1. The van der Waals surface area contributed by atoms with Crippen LogP contribution in [0.1, 0.15) is 17.5 Å². The maximum absolute atomic E-state index is 10.5. The zero-order valence-corrected chi connectivity index (χ0v) is 8.98. The highest BCUT2D eigenvalue weighted by Crippen LogP contribution is 2.25. The van der Waals surface area contributed by atoms with E-state index in [1.54, 1.807) is 0 Å². The van der Waals surface area contributed by atoms with Gasteiger partial charge in [0.2, 0.25) is 0 Å². The van der Waals surface area contributed by atoms with Crippen molar-refractivity contribution in [1.29, 1.82) is 0 Å². The lowest BCUT2D eigenvalue weighted by Crippen LogP contribution is -2.36. The molecule has 1 aliphatic rings. The fourth-order valence-corrected chi connectivity index (χ4v) is 1.90. The van der Waals surface area contributed by atoms with Crippen LogP contribution in [-0.2, 0) is 17.6 Å². The van der Waals surface area contributed by atoms with Gasteiger partial charge in [-0.1, -0.05) is 6.07 Å². The van der Waals surface area contributed by atoms with Crippen LogP contribution in [0.4, 0.5) is 0 Å². The van der Waals surface area contributed by atoms with E-state index in [4.69, 9.17) is 15.6 Å². The van der Waals surface area contributed by atoms with Crippen molar-refractivity contribution < 1.29 is 14.6 Å². The molecule has 1 aliphatic carbocycles. The van der Waals surface area contributed by atoms with Crippen molar-refractivity contribution in [3.05, 3.63) is 29.3 Å². The van der Waals surface area contributed by atoms with E-state index in [9.17, 15) is 4.79 Å². The number of carboxylic acid groups (broad SMARTS) is 1. The van der Waals surface area contributed by atoms with Crippen LogP contribution >= 0.6 is 0 Å². The first kappa shape index (κ1) is 11.0. The Morgan fingerprint density at radius 2 is 2.19 bits per heavy atom. The van der Waals surface area contributed by atoms with E-state index in [1.807, 2.05) is 18.2 Å². The van der Waals surface area contributed by atoms with Gasteiger partial charge in [0.05, 0.1) is 0 Å². The number of nitrogens with two attached hydrogens (primary N) is 1. The fourth-order valence-electron chi connectivity index (χ4n) is 1.90. The van der Waals surface area contributed by atoms with E-state index in [1.165, 1.54) is 17.5 Å². The van der Waals surface area contributed by atoms with Gasteiger partial charge >= 0.3 is 5.97 Å². The molecule has 0 aliphatic heterocycles. The first-order valence-corrected chi connectivity index (χ1v) is 5.40. The molecule has 16 heavy (non-hydrogen) atoms. The van der Waals surface area contributed by atoms with Crippen LogP contribution in [0.5, 0.6) is 5.75 Å². The molecule has 0 spiro atoms. The molecule has 0 saturated carbocycles. The number of aryl methyl sites for hydroxylation is 2. The van der Waals surface area contributed by atoms with E-state index in [0.29, 0.717) is 5.75 Å². The molecule has 0 heterocycles. The van der Waals surface area contributed by atoms with Gasteiger partial charge in [-0.15, -0.1) is 0 Å². The SMILES string of the molecule is NC(COc1ccc2c(c1)CCC2)C(=O)O. The Morgan fingerprint density at radius 3 is 2.94 bits per heavy atom. The van der Waals surface area contributed by atoms with Crippen molar-refractivity contribution in [2.24, 2.45) is 5.73 Å². The molecular weight excluding hydrogens is 206 g/mol. The summed E-state index contributed by atoms with van der Waals surface area (Å²) in [5, 5.41) is 8.61. The highest BCUT2D eigenvalue weighted by atomic mass is 16.5. The van der Waals surface area contributed by atoms with Gasteiger partial charge in [0, 0.05) is 0 Å². The number of hydrogen-bond donors (Lipinski definition) is 2. The molecular formula is C12H15NO3. The van der Waals surface area contributed by atoms with E-state index in [-0.39, 0.29) is 6.61 Å². The average molecular weight is 221 g/mol. The molecule has 86 valence electrons. The van der Waals surface area contributed by atoms with Crippen LogP contribution in [0.3, 0.4) is 0 Å². The summed E-state index contributed by atoms with van der Waals surface area (Å²) in [5.74, 6) is -0.335. The van der Waals surface area contributed by atoms with Crippen molar-refractivity contribution in [2.45, 2.75) is 25.3 Å². The smallest absolute Gasteiger partial charge is 0.324 e. The third-order valence-corrected chi connectivity index (χ3v) is 2.82. The lowest BCUT2D eigenvalue weighted by Gasteiger charge is -2.10. The molecule has 1 aromatic carbocycles. The van der Waals surface area contributed by atoms with Crippen molar-refractivity contribution in [1.82, 2.24) is 0 Å². The molecule has 2 rings (SSSR count). The number of hydrogen-bond acceptors (Lipinski definition) is 3. The second-order valence-electron chi connectivity index (χ2n) is 4.04. The zero-order valence-electron chi connectivity index (χ0n) is 8.98. The summed E-state index contributed by atoms with van der Waals surface area (Å²) in [6, 6.07) is 4.94. The summed E-state index contributed by atoms with van der Waals surface area (Å²) in [4.78, 5) is 10.5. The Kier molecular flexibility index (Phi) is 3.10. The number of aliphatic carboxylic acids is 1. The average Bonchev–Trinajstić information content (AvgIpc) is 2.72. The van der Waals surface area contributed by atoms with Crippen LogP contribution in [0, 0.1) is 0 Å². The largest absolute Gasteiger partial charge is 0.491 e. The second-order valence-corrected chi connectivity index (χ2v) is 4.04. The van der Waals surface area contributed by atoms with Crippen molar-refractivity contribution in [2.75, 3.05) is 6.61 Å². The minimum atomic E-state index is -1.04. The van der Waals surface area contributed by atoms with Crippen LogP contribution in [0.15, 0.2) is 18.2 Å². The summed E-state index contributed by atoms with van der Waals surface area (Å²) < 4.78 is 5.35. The maximum atomic E-state index is 10.5. The maximum Gasteiger partial charge on any atom is 0.324 e. The van der Waals surface area contributed by atoms with Gasteiger partial charge in [0.25, 0.3) is 0 Å². The third kappa shape index (κ3) is 2.33. The molecule has 4 heteroatoms. The normalized spacial score (nSPS) is 15.6. The Bertz CT molecular complexity index is 403. The summed E-state index contributed by atoms with van der Waals surface area (Å²) in [5.41, 5.74) is 8.03. The van der Waals surface area contributed by atoms with E-state index in [0.717, 1.165) is 12.8 Å². The van der Waals surface area contributed by atoms with Crippen molar-refractivity contribution in [3.8, 4) is 5.75 Å². The highest BCUT2D eigenvalue weighted by molar-refractivity contribution is 5.73. The van der Waals surface area contributed by atoms with Gasteiger partial charge in [0.1, 0.15) is 18.4 Å². The van der Waals surface area contributed by atoms with Gasteiger partial charge in [-0.25, -0.2) is 0 Å².